The Kier molecular flexibility index (Phi) is 15.6. The van der Waals surface area contributed by atoms with Gasteiger partial charge in [-0.25, -0.2) is 0 Å². The van der Waals surface area contributed by atoms with Crippen molar-refractivity contribution in [3.8, 4) is 22.3 Å². The van der Waals surface area contributed by atoms with Gasteiger partial charge >= 0.3 is 37.9 Å². The molecule has 0 nitrogen and oxygen atoms in total. The Balaban J connectivity index is 0.000000183. The van der Waals surface area contributed by atoms with Crippen molar-refractivity contribution in [3.63, 3.8) is 0 Å². The molecule has 0 aromatic heterocycles. The van der Waals surface area contributed by atoms with Gasteiger partial charge in [0.15, 0.2) is 0 Å². The van der Waals surface area contributed by atoms with Crippen LogP contribution in [0.3, 0.4) is 0 Å². The van der Waals surface area contributed by atoms with Crippen LogP contribution in [0.5, 0.6) is 0 Å². The Morgan fingerprint density at radius 1 is 0.491 bits per heavy atom. The summed E-state index contributed by atoms with van der Waals surface area (Å²) >= 11 is -0.826. The van der Waals surface area contributed by atoms with Crippen LogP contribution in [-0.4, -0.2) is 0 Å². The van der Waals surface area contributed by atoms with Gasteiger partial charge in [-0.05, 0) is 45.5 Å². The van der Waals surface area contributed by atoms with E-state index in [0.717, 1.165) is 0 Å². The van der Waals surface area contributed by atoms with Crippen molar-refractivity contribution in [2.75, 3.05) is 0 Å². The molecule has 0 aliphatic carbocycles. The number of unbranched alkanes of at least 4 members (excludes halogenated alkanes) is 2. The number of benzene rings is 6. The summed E-state index contributed by atoms with van der Waals surface area (Å²) in [6.07, 6.45) is 7.38. The van der Waals surface area contributed by atoms with Crippen LogP contribution in [0.25, 0.3) is 65.3 Å². The Labute approximate surface area is 336 Å². The van der Waals surface area contributed by atoms with Crippen LogP contribution >= 0.6 is 17.0 Å². The van der Waals surface area contributed by atoms with Crippen molar-refractivity contribution in [1.82, 2.24) is 0 Å². The van der Waals surface area contributed by atoms with E-state index in [-0.39, 0.29) is 0 Å². The van der Waals surface area contributed by atoms with Crippen molar-refractivity contribution in [2.45, 2.75) is 73.1 Å². The molecule has 8 rings (SSSR count). The van der Waals surface area contributed by atoms with Crippen LogP contribution in [0.2, 0.25) is 0 Å². The minimum atomic E-state index is -0.826. The first-order valence-electron chi connectivity index (χ1n) is 19.0. The molecule has 53 heavy (non-hydrogen) atoms. The zero-order chi connectivity index (χ0) is 37.7. The summed E-state index contributed by atoms with van der Waals surface area (Å²) in [5.41, 5.74) is 11.1. The predicted octanol–water partition coefficient (Wildman–Crippen LogP) is 16.3. The zero-order valence-electron chi connectivity index (χ0n) is 31.9. The quantitative estimate of drug-likeness (QED) is 0.134. The molecule has 0 fully saturated rings. The van der Waals surface area contributed by atoms with Crippen molar-refractivity contribution < 1.29 is 20.8 Å². The van der Waals surface area contributed by atoms with Crippen molar-refractivity contribution in [3.05, 3.63) is 163 Å². The first-order valence-corrected chi connectivity index (χ1v) is 25.3. The molecule has 0 aliphatic rings. The second-order valence-electron chi connectivity index (χ2n) is 13.6. The fourth-order valence-electron chi connectivity index (χ4n) is 7.45. The summed E-state index contributed by atoms with van der Waals surface area (Å²) in [6.45, 7) is 14.0. The number of rotatable bonds is 8. The topological polar surface area (TPSA) is 0 Å². The molecule has 8 aromatic rings. The van der Waals surface area contributed by atoms with E-state index in [0.29, 0.717) is 0 Å². The normalized spacial score (nSPS) is 10.7. The van der Waals surface area contributed by atoms with E-state index >= 15 is 0 Å². The number of fused-ring (bicyclic) bond motifs is 4. The molecule has 8 aromatic carbocycles. The van der Waals surface area contributed by atoms with Gasteiger partial charge in [-0.3, -0.25) is 0 Å². The average molecular weight is 814 g/mol. The molecule has 0 saturated heterocycles. The SMILES string of the molecule is CCCCc1cc2c(-c3cccc4ccccc34)ccc(C)c2[cH-]1.CCCCc1cc2c(-c3cccc4ccccc34)ccc(C)c2[cH-]1.[CH2-]C.[Cl][Zr][Cl]. The third-order valence-corrected chi connectivity index (χ3v) is 10.1. The van der Waals surface area contributed by atoms with Gasteiger partial charge in [-0.2, -0.15) is 19.1 Å². The van der Waals surface area contributed by atoms with E-state index < -0.39 is 20.8 Å². The maximum absolute atomic E-state index is 4.93. The van der Waals surface area contributed by atoms with Gasteiger partial charge in [0.1, 0.15) is 0 Å². The second kappa shape index (κ2) is 20.3. The molecule has 0 radical (unpaired) electrons. The Hall–Kier alpha value is -3.48. The van der Waals surface area contributed by atoms with Crippen LogP contribution in [0.4, 0.5) is 0 Å². The molecule has 0 saturated carbocycles. The fourth-order valence-corrected chi connectivity index (χ4v) is 7.45. The van der Waals surface area contributed by atoms with Crippen molar-refractivity contribution in [1.29, 1.82) is 0 Å². The second-order valence-corrected chi connectivity index (χ2v) is 17.3. The number of hydrogen-bond donors (Lipinski definition) is 0. The van der Waals surface area contributed by atoms with E-state index in [9.17, 15) is 0 Å². The molecule has 0 heterocycles. The van der Waals surface area contributed by atoms with E-state index in [1.165, 1.54) is 126 Å². The molecular formula is C50H51Cl2Zr-3. The van der Waals surface area contributed by atoms with Gasteiger partial charge < -0.3 is 6.92 Å². The summed E-state index contributed by atoms with van der Waals surface area (Å²) in [5.74, 6) is 0. The van der Waals surface area contributed by atoms with Gasteiger partial charge in [0.2, 0.25) is 0 Å². The summed E-state index contributed by atoms with van der Waals surface area (Å²) in [6, 6.07) is 49.3. The summed E-state index contributed by atoms with van der Waals surface area (Å²) in [7, 11) is 9.87. The van der Waals surface area contributed by atoms with Crippen molar-refractivity contribution in [2.24, 2.45) is 0 Å². The molecular weight excluding hydrogens is 763 g/mol. The first kappa shape index (κ1) is 40.7. The summed E-state index contributed by atoms with van der Waals surface area (Å²) < 4.78 is 0. The van der Waals surface area contributed by atoms with Crippen LogP contribution in [0, 0.1) is 20.8 Å². The predicted molar refractivity (Wildman–Crippen MR) is 234 cm³/mol. The molecule has 0 unspecified atom stereocenters. The summed E-state index contributed by atoms with van der Waals surface area (Å²) in [5, 5.41) is 10.9. The first-order chi connectivity index (χ1) is 26.0. The third-order valence-electron chi connectivity index (χ3n) is 10.1. The van der Waals surface area contributed by atoms with Gasteiger partial charge in [0, 0.05) is 0 Å². The third kappa shape index (κ3) is 9.61. The molecule has 0 spiro atoms. The number of halogens is 2. The van der Waals surface area contributed by atoms with Gasteiger partial charge in [-0.1, -0.05) is 162 Å². The standard InChI is InChI=1S/2C24H23.C2H5.2ClH.Zr/c2*1-3-4-8-18-15-23-17(2)13-14-22(24(23)16-18)21-12-7-10-19-9-5-6-11-20(19)21;1-2;;;/h2*5-7,9-16H,3-4,8H2,1-2H3;1H2,2H3;2*1H;/q3*-1;;;+2/p-2. The van der Waals surface area contributed by atoms with Gasteiger partial charge in [0.05, 0.1) is 0 Å². The molecule has 272 valence electrons. The molecule has 3 heteroatoms. The van der Waals surface area contributed by atoms with E-state index in [2.05, 4.69) is 168 Å². The molecule has 0 aliphatic heterocycles. The number of aryl methyl sites for hydroxylation is 4. The van der Waals surface area contributed by atoms with Crippen LogP contribution < -0.4 is 0 Å². The van der Waals surface area contributed by atoms with Crippen LogP contribution in [0.1, 0.15) is 68.7 Å². The molecule has 0 bridgehead atoms. The van der Waals surface area contributed by atoms with Crippen LogP contribution in [-0.2, 0) is 33.7 Å². The Morgan fingerprint density at radius 2 is 0.849 bits per heavy atom. The van der Waals surface area contributed by atoms with Gasteiger partial charge in [-0.15, -0.1) is 68.1 Å². The zero-order valence-corrected chi connectivity index (χ0v) is 35.9. The average Bonchev–Trinajstić information content (AvgIpc) is 3.84. The maximum atomic E-state index is 4.93. The fraction of sp³-hybridized carbons (Fsp3) is 0.220. The van der Waals surface area contributed by atoms with E-state index in [1.54, 1.807) is 6.92 Å². The van der Waals surface area contributed by atoms with E-state index in [1.807, 2.05) is 0 Å². The minimum absolute atomic E-state index is 0.826. The molecule has 0 atom stereocenters. The Morgan fingerprint density at radius 3 is 1.25 bits per heavy atom. The van der Waals surface area contributed by atoms with Crippen LogP contribution in [0.15, 0.2) is 133 Å². The van der Waals surface area contributed by atoms with Gasteiger partial charge in [0.25, 0.3) is 0 Å². The monoisotopic (exact) mass is 811 g/mol. The molecule has 0 N–H and O–H groups in total. The van der Waals surface area contributed by atoms with Crippen molar-refractivity contribution >= 4 is 60.1 Å². The number of hydrogen-bond acceptors (Lipinski definition) is 0. The molecule has 0 amide bonds. The Bertz CT molecular complexity index is 2200. The van der Waals surface area contributed by atoms with E-state index in [4.69, 9.17) is 17.0 Å². The summed E-state index contributed by atoms with van der Waals surface area (Å²) in [4.78, 5) is 0.